The third-order valence-corrected chi connectivity index (χ3v) is 3.53. The van der Waals surface area contributed by atoms with Gasteiger partial charge in [-0.1, -0.05) is 0 Å². The SMILES string of the molecule is Cn1cnnc1CNS(=O)(=O)CCCCN. The van der Waals surface area contributed by atoms with Gasteiger partial charge >= 0.3 is 0 Å². The van der Waals surface area contributed by atoms with Gasteiger partial charge in [-0.3, -0.25) is 0 Å². The number of sulfonamides is 1. The van der Waals surface area contributed by atoms with Gasteiger partial charge in [0.2, 0.25) is 10.0 Å². The molecule has 1 rings (SSSR count). The van der Waals surface area contributed by atoms with Gasteiger partial charge in [-0.25, -0.2) is 13.1 Å². The molecule has 8 heteroatoms. The monoisotopic (exact) mass is 247 g/mol. The maximum atomic E-state index is 11.5. The topological polar surface area (TPSA) is 103 Å². The zero-order valence-electron chi connectivity index (χ0n) is 9.26. The van der Waals surface area contributed by atoms with Gasteiger partial charge in [-0.05, 0) is 19.4 Å². The van der Waals surface area contributed by atoms with E-state index < -0.39 is 10.0 Å². The van der Waals surface area contributed by atoms with E-state index in [-0.39, 0.29) is 12.3 Å². The van der Waals surface area contributed by atoms with Gasteiger partial charge in [0, 0.05) is 7.05 Å². The van der Waals surface area contributed by atoms with Crippen molar-refractivity contribution in [2.24, 2.45) is 12.8 Å². The van der Waals surface area contributed by atoms with Gasteiger partial charge in [-0.2, -0.15) is 0 Å². The number of unbranched alkanes of at least 4 members (excludes halogenated alkanes) is 1. The van der Waals surface area contributed by atoms with Crippen molar-refractivity contribution < 1.29 is 8.42 Å². The Kier molecular flexibility index (Phi) is 4.84. The maximum absolute atomic E-state index is 11.5. The summed E-state index contributed by atoms with van der Waals surface area (Å²) in [4.78, 5) is 0. The van der Waals surface area contributed by atoms with Crippen LogP contribution in [0.5, 0.6) is 0 Å². The van der Waals surface area contributed by atoms with Crippen molar-refractivity contribution in [1.29, 1.82) is 0 Å². The van der Waals surface area contributed by atoms with Crippen LogP contribution in [-0.2, 0) is 23.6 Å². The Morgan fingerprint density at radius 1 is 1.50 bits per heavy atom. The summed E-state index contributed by atoms with van der Waals surface area (Å²) in [5.41, 5.74) is 5.29. The summed E-state index contributed by atoms with van der Waals surface area (Å²) in [6.45, 7) is 0.681. The number of nitrogens with two attached hydrogens (primary N) is 1. The lowest BCUT2D eigenvalue weighted by Crippen LogP contribution is -2.27. The smallest absolute Gasteiger partial charge is 0.212 e. The molecule has 92 valence electrons. The van der Waals surface area contributed by atoms with Crippen molar-refractivity contribution in [3.63, 3.8) is 0 Å². The highest BCUT2D eigenvalue weighted by atomic mass is 32.2. The molecule has 0 spiro atoms. The molecule has 0 unspecified atom stereocenters. The summed E-state index contributed by atoms with van der Waals surface area (Å²) in [7, 11) is -1.47. The molecule has 16 heavy (non-hydrogen) atoms. The summed E-state index contributed by atoms with van der Waals surface area (Å²) in [5.74, 6) is 0.685. The van der Waals surface area contributed by atoms with Crippen LogP contribution in [0, 0.1) is 0 Å². The number of aromatic nitrogens is 3. The van der Waals surface area contributed by atoms with Crippen LogP contribution in [0.1, 0.15) is 18.7 Å². The summed E-state index contributed by atoms with van der Waals surface area (Å²) in [6.07, 6.45) is 2.81. The molecule has 0 amide bonds. The minimum atomic E-state index is -3.23. The minimum Gasteiger partial charge on any atom is -0.330 e. The number of nitrogens with zero attached hydrogens (tertiary/aromatic N) is 3. The molecule has 0 aliphatic heterocycles. The van der Waals surface area contributed by atoms with Crippen LogP contribution in [0.15, 0.2) is 6.33 Å². The van der Waals surface area contributed by atoms with Crippen molar-refractivity contribution in [2.75, 3.05) is 12.3 Å². The van der Waals surface area contributed by atoms with Gasteiger partial charge in [0.05, 0.1) is 12.3 Å². The van der Waals surface area contributed by atoms with Crippen molar-refractivity contribution in [2.45, 2.75) is 19.4 Å². The molecule has 3 N–H and O–H groups in total. The first-order valence-corrected chi connectivity index (χ1v) is 6.70. The normalized spacial score (nSPS) is 11.9. The van der Waals surface area contributed by atoms with E-state index in [0.29, 0.717) is 25.2 Å². The first kappa shape index (κ1) is 13.1. The number of rotatable bonds is 7. The second kappa shape index (κ2) is 5.92. The van der Waals surface area contributed by atoms with Crippen LogP contribution in [0.3, 0.4) is 0 Å². The Hall–Kier alpha value is -0.990. The average molecular weight is 247 g/mol. The zero-order valence-corrected chi connectivity index (χ0v) is 10.1. The molecule has 1 aromatic heterocycles. The molecule has 1 aromatic rings. The second-order valence-electron chi connectivity index (χ2n) is 3.49. The summed E-state index contributed by atoms with van der Waals surface area (Å²) >= 11 is 0. The van der Waals surface area contributed by atoms with E-state index in [1.54, 1.807) is 11.6 Å². The fraction of sp³-hybridized carbons (Fsp3) is 0.750. The van der Waals surface area contributed by atoms with Crippen LogP contribution in [0.25, 0.3) is 0 Å². The van der Waals surface area contributed by atoms with E-state index in [0.717, 1.165) is 0 Å². The quantitative estimate of drug-likeness (QED) is 0.600. The first-order chi connectivity index (χ1) is 7.55. The van der Waals surface area contributed by atoms with E-state index >= 15 is 0 Å². The van der Waals surface area contributed by atoms with Crippen LogP contribution in [0.4, 0.5) is 0 Å². The minimum absolute atomic E-state index is 0.0993. The zero-order chi connectivity index (χ0) is 12.0. The van der Waals surface area contributed by atoms with E-state index in [1.165, 1.54) is 6.33 Å². The third kappa shape index (κ3) is 4.25. The molecule has 0 saturated carbocycles. The molecule has 0 radical (unpaired) electrons. The first-order valence-electron chi connectivity index (χ1n) is 5.05. The highest BCUT2D eigenvalue weighted by molar-refractivity contribution is 7.89. The predicted octanol–water partition coefficient (Wildman–Crippen LogP) is -1.03. The molecule has 7 nitrogen and oxygen atoms in total. The van der Waals surface area contributed by atoms with Gasteiger partial charge in [0.25, 0.3) is 0 Å². The van der Waals surface area contributed by atoms with E-state index in [9.17, 15) is 8.42 Å². The Bertz CT molecular complexity index is 414. The lowest BCUT2D eigenvalue weighted by Gasteiger charge is -2.05. The Morgan fingerprint density at radius 2 is 2.25 bits per heavy atom. The summed E-state index contributed by atoms with van der Waals surface area (Å²) in [5, 5.41) is 7.44. The molecule has 1 heterocycles. The number of hydrogen-bond donors (Lipinski definition) is 2. The van der Waals surface area contributed by atoms with Crippen LogP contribution in [-0.4, -0.2) is 35.5 Å². The molecular formula is C8H17N5O2S. The summed E-state index contributed by atoms with van der Waals surface area (Å²) < 4.78 is 27.1. The molecular weight excluding hydrogens is 230 g/mol. The fourth-order valence-corrected chi connectivity index (χ4v) is 2.23. The molecule has 0 atom stereocenters. The Labute approximate surface area is 95.1 Å². The van der Waals surface area contributed by atoms with E-state index in [1.807, 2.05) is 0 Å². The molecule has 0 saturated heterocycles. The Morgan fingerprint density at radius 3 is 2.81 bits per heavy atom. The highest BCUT2D eigenvalue weighted by Gasteiger charge is 2.10. The predicted molar refractivity (Wildman–Crippen MR) is 59.9 cm³/mol. The number of nitrogens with one attached hydrogen (secondary N) is 1. The van der Waals surface area contributed by atoms with Crippen LogP contribution < -0.4 is 10.5 Å². The standard InChI is InChI=1S/C8H17N5O2S/c1-13-7-10-12-8(13)6-11-16(14,15)5-3-2-4-9/h7,11H,2-6,9H2,1H3. The van der Waals surface area contributed by atoms with Gasteiger partial charge < -0.3 is 10.3 Å². The largest absolute Gasteiger partial charge is 0.330 e. The highest BCUT2D eigenvalue weighted by Crippen LogP contribution is 1.96. The molecule has 0 bridgehead atoms. The van der Waals surface area contributed by atoms with Gasteiger partial charge in [0.15, 0.2) is 0 Å². The van der Waals surface area contributed by atoms with Gasteiger partial charge in [-0.15, -0.1) is 10.2 Å². The lowest BCUT2D eigenvalue weighted by molar-refractivity contribution is 0.573. The summed E-state index contributed by atoms with van der Waals surface area (Å²) in [6, 6.07) is 0. The molecule has 0 aliphatic rings. The maximum Gasteiger partial charge on any atom is 0.212 e. The number of hydrogen-bond acceptors (Lipinski definition) is 5. The molecule has 0 aliphatic carbocycles. The third-order valence-electron chi connectivity index (χ3n) is 2.12. The van der Waals surface area contributed by atoms with E-state index in [2.05, 4.69) is 14.9 Å². The van der Waals surface area contributed by atoms with Crippen molar-refractivity contribution in [3.05, 3.63) is 12.2 Å². The lowest BCUT2D eigenvalue weighted by atomic mass is 10.3. The van der Waals surface area contributed by atoms with Crippen molar-refractivity contribution >= 4 is 10.0 Å². The van der Waals surface area contributed by atoms with Crippen molar-refractivity contribution in [3.8, 4) is 0 Å². The van der Waals surface area contributed by atoms with Crippen LogP contribution >= 0.6 is 0 Å². The molecule has 0 fully saturated rings. The average Bonchev–Trinajstić information content (AvgIpc) is 2.62. The molecule has 0 aromatic carbocycles. The van der Waals surface area contributed by atoms with E-state index in [4.69, 9.17) is 5.73 Å². The van der Waals surface area contributed by atoms with Crippen molar-refractivity contribution in [1.82, 2.24) is 19.5 Å². The number of aryl methyl sites for hydroxylation is 1. The Balaban J connectivity index is 2.39. The van der Waals surface area contributed by atoms with Crippen LogP contribution in [0.2, 0.25) is 0 Å². The second-order valence-corrected chi connectivity index (χ2v) is 5.42. The fourth-order valence-electron chi connectivity index (χ4n) is 1.15. The van der Waals surface area contributed by atoms with Gasteiger partial charge in [0.1, 0.15) is 12.2 Å².